The molecule has 2 aromatic rings. The lowest BCUT2D eigenvalue weighted by molar-refractivity contribution is -0.142. The number of anilines is 1. The predicted octanol–water partition coefficient (Wildman–Crippen LogP) is 2.14. The lowest BCUT2D eigenvalue weighted by atomic mass is 10.3. The van der Waals surface area contributed by atoms with E-state index in [2.05, 4.69) is 4.90 Å². The van der Waals surface area contributed by atoms with Crippen molar-refractivity contribution in [3.8, 4) is 0 Å². The maximum atomic E-state index is 10.7. The van der Waals surface area contributed by atoms with Gasteiger partial charge in [0.1, 0.15) is 11.6 Å². The van der Waals surface area contributed by atoms with E-state index in [1.165, 1.54) is 6.92 Å². The fourth-order valence-electron chi connectivity index (χ4n) is 2.60. The maximum Gasteiger partial charge on any atom is 0.302 e. The van der Waals surface area contributed by atoms with Crippen LogP contribution in [-0.2, 0) is 19.0 Å². The van der Waals surface area contributed by atoms with Crippen molar-refractivity contribution in [2.24, 2.45) is 0 Å². The van der Waals surface area contributed by atoms with E-state index in [0.29, 0.717) is 26.4 Å². The number of carbonyl (C=O) groups excluding carboxylic acids is 1. The molecule has 3 rings (SSSR count). The molecule has 1 aliphatic heterocycles. The van der Waals surface area contributed by atoms with Gasteiger partial charge in [-0.2, -0.15) is 0 Å². The van der Waals surface area contributed by atoms with E-state index < -0.39 is 0 Å². The number of para-hydroxylation sites is 2. The van der Waals surface area contributed by atoms with Crippen LogP contribution in [0.3, 0.4) is 0 Å². The zero-order chi connectivity index (χ0) is 18.2. The van der Waals surface area contributed by atoms with Gasteiger partial charge in [0.25, 0.3) is 0 Å². The van der Waals surface area contributed by atoms with Crippen LogP contribution in [0.4, 0.5) is 5.82 Å². The van der Waals surface area contributed by atoms with Gasteiger partial charge in [0.2, 0.25) is 0 Å². The first-order valence-electron chi connectivity index (χ1n) is 8.67. The van der Waals surface area contributed by atoms with Gasteiger partial charge in [-0.3, -0.25) is 4.79 Å². The summed E-state index contributed by atoms with van der Waals surface area (Å²) < 4.78 is 15.8. The summed E-state index contributed by atoms with van der Waals surface area (Å²) in [4.78, 5) is 22.6. The summed E-state index contributed by atoms with van der Waals surface area (Å²) in [5, 5.41) is 0.911. The zero-order valence-electron chi connectivity index (χ0n) is 14.8. The SMILES string of the molecule is CC(=O)OCCOCCSc1nc2ccccc2nc1N1CCOCC1. The lowest BCUT2D eigenvalue weighted by Crippen LogP contribution is -2.37. The van der Waals surface area contributed by atoms with Crippen molar-refractivity contribution in [1.29, 1.82) is 0 Å². The topological polar surface area (TPSA) is 73.8 Å². The van der Waals surface area contributed by atoms with Crippen molar-refractivity contribution < 1.29 is 19.0 Å². The molecule has 2 heterocycles. The van der Waals surface area contributed by atoms with Crippen molar-refractivity contribution in [1.82, 2.24) is 9.97 Å². The van der Waals surface area contributed by atoms with E-state index >= 15 is 0 Å². The number of morpholine rings is 1. The Balaban J connectivity index is 1.62. The summed E-state index contributed by atoms with van der Waals surface area (Å²) in [5.74, 6) is 1.38. The van der Waals surface area contributed by atoms with Crippen molar-refractivity contribution in [3.63, 3.8) is 0 Å². The number of benzene rings is 1. The zero-order valence-corrected chi connectivity index (χ0v) is 15.7. The minimum atomic E-state index is -0.287. The van der Waals surface area contributed by atoms with Gasteiger partial charge < -0.3 is 19.1 Å². The molecular formula is C18H23N3O4S. The highest BCUT2D eigenvalue weighted by Crippen LogP contribution is 2.29. The van der Waals surface area contributed by atoms with Gasteiger partial charge in [0.05, 0.1) is 37.5 Å². The largest absolute Gasteiger partial charge is 0.463 e. The molecule has 0 radical (unpaired) electrons. The smallest absolute Gasteiger partial charge is 0.302 e. The van der Waals surface area contributed by atoms with Gasteiger partial charge in [0.15, 0.2) is 5.82 Å². The van der Waals surface area contributed by atoms with Gasteiger partial charge in [0, 0.05) is 25.8 Å². The number of esters is 1. The fraction of sp³-hybridized carbons (Fsp3) is 0.500. The monoisotopic (exact) mass is 377 g/mol. The summed E-state index contributed by atoms with van der Waals surface area (Å²) in [5.41, 5.74) is 1.79. The summed E-state index contributed by atoms with van der Waals surface area (Å²) >= 11 is 1.63. The van der Waals surface area contributed by atoms with Gasteiger partial charge in [-0.05, 0) is 12.1 Å². The molecule has 7 nitrogen and oxygen atoms in total. The Morgan fingerprint density at radius 2 is 1.88 bits per heavy atom. The second-order valence-corrected chi connectivity index (χ2v) is 6.83. The summed E-state index contributed by atoms with van der Waals surface area (Å²) in [6.07, 6.45) is 0. The Labute approximate surface area is 157 Å². The third-order valence-corrected chi connectivity index (χ3v) is 4.75. The predicted molar refractivity (Wildman–Crippen MR) is 101 cm³/mol. The van der Waals surface area contributed by atoms with Crippen LogP contribution in [0.1, 0.15) is 6.92 Å². The molecule has 1 aromatic heterocycles. The summed E-state index contributed by atoms with van der Waals surface area (Å²) in [7, 11) is 0. The highest BCUT2D eigenvalue weighted by molar-refractivity contribution is 7.99. The fourth-order valence-corrected chi connectivity index (χ4v) is 3.46. The van der Waals surface area contributed by atoms with Crippen LogP contribution in [-0.4, -0.2) is 67.8 Å². The highest BCUT2D eigenvalue weighted by Gasteiger charge is 2.18. The number of ether oxygens (including phenoxy) is 3. The minimum absolute atomic E-state index is 0.287. The van der Waals surface area contributed by atoms with Crippen LogP contribution in [0.5, 0.6) is 0 Å². The number of hydrogen-bond acceptors (Lipinski definition) is 8. The molecule has 0 unspecified atom stereocenters. The Kier molecular flexibility index (Phi) is 7.04. The molecular weight excluding hydrogens is 354 g/mol. The molecule has 8 heteroatoms. The van der Waals surface area contributed by atoms with E-state index in [4.69, 9.17) is 24.2 Å². The van der Waals surface area contributed by atoms with Crippen molar-refractivity contribution in [2.75, 3.05) is 56.8 Å². The van der Waals surface area contributed by atoms with Crippen LogP contribution in [0.2, 0.25) is 0 Å². The van der Waals surface area contributed by atoms with Gasteiger partial charge in [-0.1, -0.05) is 12.1 Å². The Bertz CT molecular complexity index is 737. The average Bonchev–Trinajstić information content (AvgIpc) is 2.67. The van der Waals surface area contributed by atoms with Crippen molar-refractivity contribution in [3.05, 3.63) is 24.3 Å². The number of carbonyl (C=O) groups is 1. The molecule has 0 atom stereocenters. The highest BCUT2D eigenvalue weighted by atomic mass is 32.2. The summed E-state index contributed by atoms with van der Waals surface area (Å²) in [6, 6.07) is 7.91. The minimum Gasteiger partial charge on any atom is -0.463 e. The average molecular weight is 377 g/mol. The molecule has 0 amide bonds. The third-order valence-electron chi connectivity index (χ3n) is 3.83. The second kappa shape index (κ2) is 9.70. The van der Waals surface area contributed by atoms with Gasteiger partial charge in [-0.15, -0.1) is 11.8 Å². The number of hydrogen-bond donors (Lipinski definition) is 0. The van der Waals surface area contributed by atoms with Crippen molar-refractivity contribution >= 4 is 34.6 Å². The molecule has 0 saturated carbocycles. The first-order chi connectivity index (χ1) is 12.7. The van der Waals surface area contributed by atoms with E-state index in [1.807, 2.05) is 24.3 Å². The van der Waals surface area contributed by atoms with Crippen molar-refractivity contribution in [2.45, 2.75) is 11.9 Å². The quantitative estimate of drug-likeness (QED) is 0.394. The lowest BCUT2D eigenvalue weighted by Gasteiger charge is -2.29. The van der Waals surface area contributed by atoms with Crippen LogP contribution in [0.25, 0.3) is 11.0 Å². The normalized spacial score (nSPS) is 14.6. The molecule has 1 aliphatic rings. The van der Waals surface area contributed by atoms with Crippen LogP contribution in [0.15, 0.2) is 29.3 Å². The molecule has 1 fully saturated rings. The molecule has 1 aromatic carbocycles. The molecule has 0 spiro atoms. The van der Waals surface area contributed by atoms with E-state index in [9.17, 15) is 4.79 Å². The number of fused-ring (bicyclic) bond motifs is 1. The number of thioether (sulfide) groups is 1. The summed E-state index contributed by atoms with van der Waals surface area (Å²) in [6.45, 7) is 5.69. The molecule has 1 saturated heterocycles. The van der Waals surface area contributed by atoms with Gasteiger partial charge in [-0.25, -0.2) is 9.97 Å². The standard InChI is InChI=1S/C18H23N3O4S/c1-14(22)25-11-10-24-12-13-26-18-17(21-6-8-23-9-7-21)19-15-4-2-3-5-16(15)20-18/h2-5H,6-13H2,1H3. The molecule has 0 aliphatic carbocycles. The Morgan fingerprint density at radius 1 is 1.15 bits per heavy atom. The number of aromatic nitrogens is 2. The number of rotatable bonds is 8. The first-order valence-corrected chi connectivity index (χ1v) is 9.66. The molecule has 140 valence electrons. The number of nitrogens with zero attached hydrogens (tertiary/aromatic N) is 3. The molecule has 0 bridgehead atoms. The molecule has 0 N–H and O–H groups in total. The maximum absolute atomic E-state index is 10.7. The second-order valence-electron chi connectivity index (χ2n) is 5.74. The van der Waals surface area contributed by atoms with E-state index in [1.54, 1.807) is 11.8 Å². The van der Waals surface area contributed by atoms with Crippen LogP contribution in [0, 0.1) is 0 Å². The van der Waals surface area contributed by atoms with E-state index in [0.717, 1.165) is 40.7 Å². The van der Waals surface area contributed by atoms with Crippen LogP contribution < -0.4 is 4.90 Å². The van der Waals surface area contributed by atoms with Gasteiger partial charge >= 0.3 is 5.97 Å². The Hall–Kier alpha value is -1.90. The third kappa shape index (κ3) is 5.30. The van der Waals surface area contributed by atoms with Crippen LogP contribution >= 0.6 is 11.8 Å². The van der Waals surface area contributed by atoms with E-state index in [-0.39, 0.29) is 12.6 Å². The first kappa shape index (κ1) is 18.9. The Morgan fingerprint density at radius 3 is 2.62 bits per heavy atom. The molecule has 26 heavy (non-hydrogen) atoms.